The molecule has 1 atom stereocenters. The highest BCUT2D eigenvalue weighted by Gasteiger charge is 2.25. The minimum Gasteiger partial charge on any atom is -0.492 e. The van der Waals surface area contributed by atoms with Crippen LogP contribution < -0.4 is 10.1 Å². The van der Waals surface area contributed by atoms with Crippen molar-refractivity contribution in [3.05, 3.63) is 65.2 Å². The second kappa shape index (κ2) is 8.57. The van der Waals surface area contributed by atoms with Gasteiger partial charge in [-0.3, -0.25) is 9.69 Å². The summed E-state index contributed by atoms with van der Waals surface area (Å²) < 4.78 is 5.73. The number of hydrogen-bond donors (Lipinski definition) is 1. The molecule has 2 heterocycles. The summed E-state index contributed by atoms with van der Waals surface area (Å²) in [6, 6.07) is 16.6. The zero-order valence-corrected chi connectivity index (χ0v) is 15.8. The van der Waals surface area contributed by atoms with Crippen molar-refractivity contribution < 1.29 is 9.53 Å². The van der Waals surface area contributed by atoms with Crippen LogP contribution in [0.5, 0.6) is 5.75 Å². The molecule has 4 nitrogen and oxygen atoms in total. The molecule has 142 valence electrons. The van der Waals surface area contributed by atoms with Crippen LogP contribution in [0.4, 0.5) is 0 Å². The average molecular weight is 364 g/mol. The summed E-state index contributed by atoms with van der Waals surface area (Å²) in [5.74, 6) is 0.867. The van der Waals surface area contributed by atoms with Crippen LogP contribution in [0.15, 0.2) is 48.5 Å². The molecule has 1 unspecified atom stereocenters. The first-order chi connectivity index (χ1) is 13.3. The molecule has 4 rings (SSSR count). The third-order valence-corrected chi connectivity index (χ3v) is 5.59. The van der Waals surface area contributed by atoms with Gasteiger partial charge < -0.3 is 10.1 Å². The van der Waals surface area contributed by atoms with Gasteiger partial charge in [0.25, 0.3) is 0 Å². The lowest BCUT2D eigenvalue weighted by Gasteiger charge is -2.26. The number of rotatable bonds is 5. The number of hydrogen-bond acceptors (Lipinski definition) is 3. The fourth-order valence-corrected chi connectivity index (χ4v) is 3.97. The third kappa shape index (κ3) is 4.69. The largest absolute Gasteiger partial charge is 0.492 e. The van der Waals surface area contributed by atoms with E-state index in [9.17, 15) is 4.79 Å². The molecule has 1 fully saturated rings. The van der Waals surface area contributed by atoms with E-state index in [1.165, 1.54) is 37.9 Å². The van der Waals surface area contributed by atoms with Crippen molar-refractivity contribution in [1.29, 1.82) is 0 Å². The molecule has 2 aromatic carbocycles. The minimum atomic E-state index is -0.113. The molecule has 2 aromatic rings. The Morgan fingerprint density at radius 1 is 1.00 bits per heavy atom. The topological polar surface area (TPSA) is 41.6 Å². The molecular weight excluding hydrogens is 336 g/mol. The molecule has 0 bridgehead atoms. The summed E-state index contributed by atoms with van der Waals surface area (Å²) in [7, 11) is 0. The van der Waals surface area contributed by atoms with E-state index < -0.39 is 0 Å². The van der Waals surface area contributed by atoms with Crippen molar-refractivity contribution in [2.75, 3.05) is 19.7 Å². The van der Waals surface area contributed by atoms with E-state index in [0.717, 1.165) is 29.8 Å². The quantitative estimate of drug-likeness (QED) is 0.882. The Morgan fingerprint density at radius 2 is 1.74 bits per heavy atom. The SMILES string of the molecule is O=C(NCc1ccc(CN2CCCCC2)cc1)C1COc2ccccc2C1. The molecule has 0 aliphatic carbocycles. The van der Waals surface area contributed by atoms with Crippen LogP contribution in [0.1, 0.15) is 36.0 Å². The van der Waals surface area contributed by atoms with Crippen LogP contribution in [0.3, 0.4) is 0 Å². The van der Waals surface area contributed by atoms with E-state index in [1.807, 2.05) is 24.3 Å². The number of amides is 1. The summed E-state index contributed by atoms with van der Waals surface area (Å²) in [6.45, 7) is 4.48. The summed E-state index contributed by atoms with van der Waals surface area (Å²) in [5.41, 5.74) is 3.61. The van der Waals surface area contributed by atoms with E-state index in [0.29, 0.717) is 13.2 Å². The zero-order valence-electron chi connectivity index (χ0n) is 15.8. The van der Waals surface area contributed by atoms with Crippen molar-refractivity contribution in [1.82, 2.24) is 10.2 Å². The van der Waals surface area contributed by atoms with Gasteiger partial charge in [0.2, 0.25) is 5.91 Å². The molecule has 0 radical (unpaired) electrons. The molecule has 0 saturated carbocycles. The predicted molar refractivity (Wildman–Crippen MR) is 107 cm³/mol. The monoisotopic (exact) mass is 364 g/mol. The number of nitrogens with zero attached hydrogens (tertiary/aromatic N) is 1. The Kier molecular flexibility index (Phi) is 5.73. The Labute approximate surface area is 161 Å². The number of para-hydroxylation sites is 1. The first-order valence-electron chi connectivity index (χ1n) is 10.1. The smallest absolute Gasteiger partial charge is 0.227 e. The van der Waals surface area contributed by atoms with Gasteiger partial charge in [-0.05, 0) is 55.1 Å². The summed E-state index contributed by atoms with van der Waals surface area (Å²) >= 11 is 0. The van der Waals surface area contributed by atoms with Crippen LogP contribution >= 0.6 is 0 Å². The Balaban J connectivity index is 1.26. The number of ether oxygens (including phenoxy) is 1. The lowest BCUT2D eigenvalue weighted by molar-refractivity contribution is -0.126. The summed E-state index contributed by atoms with van der Waals surface area (Å²) in [5, 5.41) is 3.07. The van der Waals surface area contributed by atoms with Gasteiger partial charge in [0.05, 0.1) is 5.92 Å². The molecule has 1 amide bonds. The van der Waals surface area contributed by atoms with Crippen molar-refractivity contribution in [2.45, 2.75) is 38.8 Å². The second-order valence-corrected chi connectivity index (χ2v) is 7.69. The molecule has 0 spiro atoms. The molecule has 1 saturated heterocycles. The highest BCUT2D eigenvalue weighted by Crippen LogP contribution is 2.26. The van der Waals surface area contributed by atoms with Crippen molar-refractivity contribution >= 4 is 5.91 Å². The van der Waals surface area contributed by atoms with Gasteiger partial charge in [0.1, 0.15) is 12.4 Å². The maximum absolute atomic E-state index is 12.5. The number of piperidine rings is 1. The van der Waals surface area contributed by atoms with Gasteiger partial charge in [0, 0.05) is 13.1 Å². The molecule has 1 N–H and O–H groups in total. The average Bonchev–Trinajstić information content (AvgIpc) is 2.73. The van der Waals surface area contributed by atoms with Crippen molar-refractivity contribution in [2.24, 2.45) is 5.92 Å². The van der Waals surface area contributed by atoms with E-state index in [-0.39, 0.29) is 11.8 Å². The number of fused-ring (bicyclic) bond motifs is 1. The first kappa shape index (κ1) is 18.1. The minimum absolute atomic E-state index is 0.0712. The van der Waals surface area contributed by atoms with Gasteiger partial charge in [0.15, 0.2) is 0 Å². The lowest BCUT2D eigenvalue weighted by atomic mass is 9.96. The van der Waals surface area contributed by atoms with E-state index in [4.69, 9.17) is 4.74 Å². The van der Waals surface area contributed by atoms with Crippen LogP contribution in [0, 0.1) is 5.92 Å². The maximum atomic E-state index is 12.5. The van der Waals surface area contributed by atoms with E-state index in [1.54, 1.807) is 0 Å². The standard InChI is InChI=1S/C23H28N2O2/c26-23(21-14-20-6-2-3-7-22(20)27-17-21)24-15-18-8-10-19(11-9-18)16-25-12-4-1-5-13-25/h2-3,6-11,21H,1,4-5,12-17H2,(H,24,26). The zero-order chi connectivity index (χ0) is 18.5. The van der Waals surface area contributed by atoms with Crippen molar-refractivity contribution in [3.8, 4) is 5.75 Å². The molecule has 2 aliphatic rings. The molecule has 0 aromatic heterocycles. The van der Waals surface area contributed by atoms with Crippen LogP contribution in [0.2, 0.25) is 0 Å². The number of nitrogens with one attached hydrogen (secondary N) is 1. The summed E-state index contributed by atoms with van der Waals surface area (Å²) in [4.78, 5) is 15.0. The van der Waals surface area contributed by atoms with Gasteiger partial charge in [-0.15, -0.1) is 0 Å². The molecule has 2 aliphatic heterocycles. The molecule has 4 heteroatoms. The van der Waals surface area contributed by atoms with E-state index >= 15 is 0 Å². The highest BCUT2D eigenvalue weighted by atomic mass is 16.5. The van der Waals surface area contributed by atoms with Gasteiger partial charge in [-0.25, -0.2) is 0 Å². The fourth-order valence-electron chi connectivity index (χ4n) is 3.97. The summed E-state index contributed by atoms with van der Waals surface area (Å²) in [6.07, 6.45) is 4.75. The Morgan fingerprint density at radius 3 is 2.56 bits per heavy atom. The van der Waals surface area contributed by atoms with Crippen molar-refractivity contribution in [3.63, 3.8) is 0 Å². The van der Waals surface area contributed by atoms with Gasteiger partial charge >= 0.3 is 0 Å². The van der Waals surface area contributed by atoms with Gasteiger partial charge in [-0.2, -0.15) is 0 Å². The second-order valence-electron chi connectivity index (χ2n) is 7.69. The first-order valence-corrected chi connectivity index (χ1v) is 10.1. The maximum Gasteiger partial charge on any atom is 0.227 e. The van der Waals surface area contributed by atoms with E-state index in [2.05, 4.69) is 34.5 Å². The Hall–Kier alpha value is -2.33. The number of benzene rings is 2. The Bertz CT molecular complexity index is 766. The predicted octanol–water partition coefficient (Wildman–Crippen LogP) is 3.54. The van der Waals surface area contributed by atoms with Crippen LogP contribution in [0.25, 0.3) is 0 Å². The number of likely N-dealkylation sites (tertiary alicyclic amines) is 1. The molecular formula is C23H28N2O2. The number of carbonyl (C=O) groups is 1. The third-order valence-electron chi connectivity index (χ3n) is 5.59. The van der Waals surface area contributed by atoms with Crippen LogP contribution in [-0.2, 0) is 24.3 Å². The molecule has 27 heavy (non-hydrogen) atoms. The van der Waals surface area contributed by atoms with Crippen LogP contribution in [-0.4, -0.2) is 30.5 Å². The fraction of sp³-hybridized carbons (Fsp3) is 0.435. The normalized spacial score (nSPS) is 19.8. The highest BCUT2D eigenvalue weighted by molar-refractivity contribution is 5.79. The van der Waals surface area contributed by atoms with Gasteiger partial charge in [-0.1, -0.05) is 48.9 Å². The number of carbonyl (C=O) groups excluding carboxylic acids is 1. The lowest BCUT2D eigenvalue weighted by Crippen LogP contribution is -2.37.